The molecule has 1 heterocycles. The van der Waals surface area contributed by atoms with Crippen LogP contribution < -0.4 is 5.32 Å². The Labute approximate surface area is 68.1 Å². The predicted molar refractivity (Wildman–Crippen MR) is 41.4 cm³/mol. The van der Waals surface area contributed by atoms with Crippen molar-refractivity contribution in [3.05, 3.63) is 0 Å². The Morgan fingerprint density at radius 1 is 1.91 bits per heavy atom. The number of thioether (sulfide) groups is 1. The number of oxime groups is 1. The van der Waals surface area contributed by atoms with Crippen LogP contribution >= 0.6 is 11.8 Å². The van der Waals surface area contributed by atoms with Crippen LogP contribution in [0.2, 0.25) is 0 Å². The zero-order valence-electron chi connectivity index (χ0n) is 5.99. The summed E-state index contributed by atoms with van der Waals surface area (Å²) < 4.78 is 4.94. The largest absolute Gasteiger partial charge is 0.433 e. The Morgan fingerprint density at radius 2 is 2.73 bits per heavy atom. The van der Waals surface area contributed by atoms with Crippen LogP contribution in [0.25, 0.3) is 0 Å². The number of nitrogens with zero attached hydrogens (tertiary/aromatic N) is 1. The molecule has 0 atom stereocenters. The number of hydrogen-bond acceptors (Lipinski definition) is 5. The molecule has 0 saturated carbocycles. The molecule has 11 heavy (non-hydrogen) atoms. The average Bonchev–Trinajstić information content (AvgIpc) is 2.52. The van der Waals surface area contributed by atoms with Crippen LogP contribution in [0.4, 0.5) is 4.79 Å². The lowest BCUT2D eigenvalue weighted by molar-refractivity contribution is 0.152. The maximum absolute atomic E-state index is 10.5. The fraction of sp³-hybridized carbons (Fsp3) is 0.600. The zero-order chi connectivity index (χ0) is 8.10. The number of carbonyl (C=O) groups excluding carboxylic acids is 1. The summed E-state index contributed by atoms with van der Waals surface area (Å²) in [7, 11) is 1.47. The smallest absolute Gasteiger partial charge is 0.363 e. The van der Waals surface area contributed by atoms with E-state index < -0.39 is 6.09 Å². The molecule has 5 nitrogen and oxygen atoms in total. The molecule has 1 N–H and O–H groups in total. The monoisotopic (exact) mass is 176 g/mol. The molecular formula is C5H8N2O3S. The predicted octanol–water partition coefficient (Wildman–Crippen LogP) is 0.377. The van der Waals surface area contributed by atoms with Gasteiger partial charge in [0, 0.05) is 7.05 Å². The number of carbonyl (C=O) groups is 1. The standard InChI is InChI=1S/C5H8N2O3S/c1-6-5(8)10-7-4-2-9-3-11-4/h2-3H2,1H3,(H,6,8). The van der Waals surface area contributed by atoms with Crippen LogP contribution in [-0.4, -0.2) is 30.7 Å². The van der Waals surface area contributed by atoms with Crippen molar-refractivity contribution in [2.75, 3.05) is 19.6 Å². The Bertz CT molecular complexity index is 175. The minimum Gasteiger partial charge on any atom is -0.363 e. The maximum atomic E-state index is 10.5. The number of amides is 1. The van der Waals surface area contributed by atoms with Gasteiger partial charge < -0.3 is 10.1 Å². The van der Waals surface area contributed by atoms with Gasteiger partial charge in [-0.15, -0.1) is 0 Å². The van der Waals surface area contributed by atoms with Crippen molar-refractivity contribution in [2.45, 2.75) is 0 Å². The van der Waals surface area contributed by atoms with Crippen molar-refractivity contribution in [2.24, 2.45) is 5.16 Å². The van der Waals surface area contributed by atoms with Crippen LogP contribution in [0.1, 0.15) is 0 Å². The van der Waals surface area contributed by atoms with Gasteiger partial charge in [-0.25, -0.2) is 4.79 Å². The zero-order valence-corrected chi connectivity index (χ0v) is 6.81. The fourth-order valence-electron chi connectivity index (χ4n) is 0.471. The van der Waals surface area contributed by atoms with Crippen molar-refractivity contribution in [1.29, 1.82) is 0 Å². The highest BCUT2D eigenvalue weighted by atomic mass is 32.2. The van der Waals surface area contributed by atoms with Crippen LogP contribution in [0.15, 0.2) is 5.16 Å². The van der Waals surface area contributed by atoms with E-state index in [0.29, 0.717) is 17.6 Å². The molecule has 6 heteroatoms. The molecule has 62 valence electrons. The first-order valence-corrected chi connectivity index (χ1v) is 3.97. The summed E-state index contributed by atoms with van der Waals surface area (Å²) in [6.45, 7) is 0.432. The molecule has 1 aliphatic rings. The second-order valence-corrected chi connectivity index (χ2v) is 2.72. The van der Waals surface area contributed by atoms with Crippen LogP contribution in [0, 0.1) is 0 Å². The molecule has 0 unspecified atom stereocenters. The van der Waals surface area contributed by atoms with Crippen LogP contribution in [0.5, 0.6) is 0 Å². The van der Waals surface area contributed by atoms with E-state index in [0.717, 1.165) is 0 Å². The molecule has 0 bridgehead atoms. The lowest BCUT2D eigenvalue weighted by Crippen LogP contribution is -2.17. The molecule has 1 aliphatic heterocycles. The normalized spacial score (nSPS) is 20.3. The van der Waals surface area contributed by atoms with Crippen LogP contribution in [-0.2, 0) is 9.57 Å². The molecule has 0 aliphatic carbocycles. The van der Waals surface area contributed by atoms with E-state index >= 15 is 0 Å². The Balaban J connectivity index is 2.28. The van der Waals surface area contributed by atoms with E-state index in [9.17, 15) is 4.79 Å². The first-order chi connectivity index (χ1) is 5.33. The molecule has 1 rings (SSSR count). The minimum absolute atomic E-state index is 0.432. The molecule has 0 radical (unpaired) electrons. The van der Waals surface area contributed by atoms with Gasteiger partial charge in [-0.05, 0) is 0 Å². The highest BCUT2D eigenvalue weighted by molar-refractivity contribution is 8.14. The highest BCUT2D eigenvalue weighted by Gasteiger charge is 2.10. The van der Waals surface area contributed by atoms with E-state index in [-0.39, 0.29) is 0 Å². The maximum Gasteiger partial charge on any atom is 0.433 e. The first-order valence-electron chi connectivity index (χ1n) is 2.99. The molecule has 0 spiro atoms. The summed E-state index contributed by atoms with van der Waals surface area (Å²) in [4.78, 5) is 14.9. The fourth-order valence-corrected chi connectivity index (χ4v) is 1.03. The third kappa shape index (κ3) is 2.77. The molecular weight excluding hydrogens is 168 g/mol. The van der Waals surface area contributed by atoms with Crippen LogP contribution in [0.3, 0.4) is 0 Å². The molecule has 1 fully saturated rings. The molecule has 1 saturated heterocycles. The van der Waals surface area contributed by atoms with Crippen molar-refractivity contribution >= 4 is 22.9 Å². The summed E-state index contributed by atoms with van der Waals surface area (Å²) in [5.41, 5.74) is 0. The van der Waals surface area contributed by atoms with Gasteiger partial charge in [0.1, 0.15) is 5.04 Å². The van der Waals surface area contributed by atoms with Gasteiger partial charge in [-0.1, -0.05) is 16.9 Å². The Kier molecular flexibility index (Phi) is 3.18. The van der Waals surface area contributed by atoms with Gasteiger partial charge >= 0.3 is 6.09 Å². The molecule has 1 amide bonds. The number of nitrogens with one attached hydrogen (secondary N) is 1. The third-order valence-electron chi connectivity index (χ3n) is 0.969. The van der Waals surface area contributed by atoms with Gasteiger partial charge in [0.15, 0.2) is 0 Å². The summed E-state index contributed by atoms with van der Waals surface area (Å²) in [6.07, 6.45) is -0.565. The van der Waals surface area contributed by atoms with Gasteiger partial charge in [0.2, 0.25) is 0 Å². The summed E-state index contributed by atoms with van der Waals surface area (Å²) >= 11 is 1.42. The van der Waals surface area contributed by atoms with E-state index in [1.54, 1.807) is 0 Å². The summed E-state index contributed by atoms with van der Waals surface area (Å²) in [5, 5.41) is 6.50. The lowest BCUT2D eigenvalue weighted by Gasteiger charge is -1.94. The number of ether oxygens (including phenoxy) is 1. The Morgan fingerprint density at radius 3 is 3.27 bits per heavy atom. The van der Waals surface area contributed by atoms with Crippen molar-refractivity contribution < 1.29 is 14.4 Å². The highest BCUT2D eigenvalue weighted by Crippen LogP contribution is 2.12. The molecule has 0 aromatic carbocycles. The van der Waals surface area contributed by atoms with Gasteiger partial charge in [-0.2, -0.15) is 0 Å². The van der Waals surface area contributed by atoms with Gasteiger partial charge in [-0.3, -0.25) is 4.84 Å². The second kappa shape index (κ2) is 4.20. The number of hydrogen-bond donors (Lipinski definition) is 1. The Hall–Kier alpha value is -0.750. The third-order valence-corrected chi connectivity index (χ3v) is 1.78. The van der Waals surface area contributed by atoms with Crippen molar-refractivity contribution in [3.8, 4) is 0 Å². The summed E-state index contributed by atoms with van der Waals surface area (Å²) in [5.74, 6) is 0.579. The average molecular weight is 176 g/mol. The van der Waals surface area contributed by atoms with Crippen molar-refractivity contribution in [3.63, 3.8) is 0 Å². The van der Waals surface area contributed by atoms with E-state index in [1.807, 2.05) is 0 Å². The molecule has 0 aromatic heterocycles. The quantitative estimate of drug-likeness (QED) is 0.463. The van der Waals surface area contributed by atoms with E-state index in [1.165, 1.54) is 18.8 Å². The SMILES string of the molecule is CNC(=O)ON=C1COCS1. The minimum atomic E-state index is -0.565. The topological polar surface area (TPSA) is 59.9 Å². The van der Waals surface area contributed by atoms with Crippen molar-refractivity contribution in [1.82, 2.24) is 5.32 Å². The van der Waals surface area contributed by atoms with Gasteiger partial charge in [0.25, 0.3) is 0 Å². The lowest BCUT2D eigenvalue weighted by atomic mass is 10.8. The first kappa shape index (κ1) is 8.35. The van der Waals surface area contributed by atoms with Gasteiger partial charge in [0.05, 0.1) is 12.5 Å². The van der Waals surface area contributed by atoms with E-state index in [4.69, 9.17) is 4.74 Å². The summed E-state index contributed by atoms with van der Waals surface area (Å²) in [6, 6.07) is 0. The van der Waals surface area contributed by atoms with E-state index in [2.05, 4.69) is 15.3 Å². The molecule has 0 aromatic rings. The number of rotatable bonds is 1. The second-order valence-electron chi connectivity index (χ2n) is 1.72.